The van der Waals surface area contributed by atoms with Gasteiger partial charge in [-0.1, -0.05) is 41.7 Å². The van der Waals surface area contributed by atoms with E-state index in [0.717, 1.165) is 12.1 Å². The van der Waals surface area contributed by atoms with Gasteiger partial charge in [-0.05, 0) is 36.8 Å². The molecule has 3 unspecified atom stereocenters. The molecule has 2 aliphatic rings. The Morgan fingerprint density at radius 2 is 2.08 bits per heavy atom. The molecular formula is C18H19N3O2S. The van der Waals surface area contributed by atoms with Gasteiger partial charge in [0.05, 0.1) is 11.3 Å². The average molecular weight is 341 g/mol. The Labute approximate surface area is 144 Å². The van der Waals surface area contributed by atoms with Crippen molar-refractivity contribution in [2.45, 2.75) is 25.3 Å². The van der Waals surface area contributed by atoms with Crippen molar-refractivity contribution in [2.24, 2.45) is 11.8 Å². The Kier molecular flexibility index (Phi) is 3.98. The number of aromatic hydroxyl groups is 1. The molecule has 0 saturated heterocycles. The van der Waals surface area contributed by atoms with Crippen LogP contribution >= 0.6 is 11.3 Å². The van der Waals surface area contributed by atoms with Crippen LogP contribution in [-0.4, -0.2) is 22.0 Å². The van der Waals surface area contributed by atoms with Gasteiger partial charge in [-0.3, -0.25) is 4.79 Å². The number of allylic oxidation sites excluding steroid dienone is 1. The number of nitrogens with one attached hydrogen (secondary N) is 2. The van der Waals surface area contributed by atoms with Gasteiger partial charge < -0.3 is 15.7 Å². The molecule has 2 aromatic rings. The number of aromatic nitrogens is 1. The SMILES string of the molecule is O=C(Cc1sc(NC2CC3C=CC2C3)nc1O)Nc1ccccc1. The summed E-state index contributed by atoms with van der Waals surface area (Å²) < 4.78 is 0. The molecule has 1 amide bonds. The van der Waals surface area contributed by atoms with E-state index in [9.17, 15) is 9.90 Å². The highest BCUT2D eigenvalue weighted by Crippen LogP contribution is 2.41. The fourth-order valence-electron chi connectivity index (χ4n) is 3.50. The monoisotopic (exact) mass is 341 g/mol. The molecule has 24 heavy (non-hydrogen) atoms. The Hall–Kier alpha value is -2.34. The fraction of sp³-hybridized carbons (Fsp3) is 0.333. The number of carbonyl (C=O) groups is 1. The number of fused-ring (bicyclic) bond motifs is 2. The molecule has 124 valence electrons. The summed E-state index contributed by atoms with van der Waals surface area (Å²) in [6.45, 7) is 0. The lowest BCUT2D eigenvalue weighted by atomic mass is 10.0. The Morgan fingerprint density at radius 1 is 1.25 bits per heavy atom. The summed E-state index contributed by atoms with van der Waals surface area (Å²) in [4.78, 5) is 16.9. The fourth-order valence-corrected chi connectivity index (χ4v) is 4.41. The van der Waals surface area contributed by atoms with Gasteiger partial charge in [0.2, 0.25) is 11.8 Å². The molecule has 3 atom stereocenters. The maximum atomic E-state index is 12.1. The zero-order valence-electron chi connectivity index (χ0n) is 13.1. The number of benzene rings is 1. The van der Waals surface area contributed by atoms with E-state index in [1.165, 1.54) is 17.8 Å². The number of amides is 1. The summed E-state index contributed by atoms with van der Waals surface area (Å²) >= 11 is 1.36. The first-order valence-electron chi connectivity index (χ1n) is 8.16. The van der Waals surface area contributed by atoms with Gasteiger partial charge in [-0.25, -0.2) is 0 Å². The summed E-state index contributed by atoms with van der Waals surface area (Å²) in [6.07, 6.45) is 7.01. The summed E-state index contributed by atoms with van der Waals surface area (Å²) in [7, 11) is 0. The van der Waals surface area contributed by atoms with Crippen LogP contribution < -0.4 is 10.6 Å². The molecule has 6 heteroatoms. The number of anilines is 2. The van der Waals surface area contributed by atoms with Crippen LogP contribution in [0.25, 0.3) is 0 Å². The molecule has 1 aromatic heterocycles. The van der Waals surface area contributed by atoms with E-state index in [-0.39, 0.29) is 18.2 Å². The molecule has 0 radical (unpaired) electrons. The number of para-hydroxylation sites is 1. The summed E-state index contributed by atoms with van der Waals surface area (Å²) in [5.41, 5.74) is 0.749. The molecule has 2 aliphatic carbocycles. The van der Waals surface area contributed by atoms with E-state index >= 15 is 0 Å². The van der Waals surface area contributed by atoms with Crippen LogP contribution in [0.1, 0.15) is 17.7 Å². The Balaban J connectivity index is 1.38. The minimum atomic E-state index is -0.158. The van der Waals surface area contributed by atoms with Crippen LogP contribution in [0.2, 0.25) is 0 Å². The van der Waals surface area contributed by atoms with E-state index in [1.54, 1.807) is 0 Å². The van der Waals surface area contributed by atoms with Crippen molar-refractivity contribution in [1.29, 1.82) is 0 Å². The highest BCUT2D eigenvalue weighted by molar-refractivity contribution is 7.16. The first kappa shape index (κ1) is 15.2. The second kappa shape index (κ2) is 6.28. The highest BCUT2D eigenvalue weighted by atomic mass is 32.1. The van der Waals surface area contributed by atoms with Crippen LogP contribution in [0.3, 0.4) is 0 Å². The van der Waals surface area contributed by atoms with Crippen molar-refractivity contribution < 1.29 is 9.90 Å². The zero-order valence-corrected chi connectivity index (χ0v) is 13.9. The van der Waals surface area contributed by atoms with E-state index in [1.807, 2.05) is 30.3 Å². The van der Waals surface area contributed by atoms with Crippen LogP contribution in [0.4, 0.5) is 10.8 Å². The zero-order chi connectivity index (χ0) is 16.5. The molecule has 1 fully saturated rings. The van der Waals surface area contributed by atoms with Gasteiger partial charge in [0.15, 0.2) is 5.13 Å². The minimum absolute atomic E-state index is 0.0515. The molecule has 2 bridgehead atoms. The van der Waals surface area contributed by atoms with E-state index in [0.29, 0.717) is 27.9 Å². The number of hydrogen-bond acceptors (Lipinski definition) is 5. The van der Waals surface area contributed by atoms with Crippen LogP contribution in [0, 0.1) is 11.8 Å². The average Bonchev–Trinajstić information content (AvgIpc) is 3.25. The van der Waals surface area contributed by atoms with E-state index in [2.05, 4.69) is 27.8 Å². The Morgan fingerprint density at radius 3 is 2.79 bits per heavy atom. The highest BCUT2D eigenvalue weighted by Gasteiger charge is 2.36. The molecule has 3 N–H and O–H groups in total. The smallest absolute Gasteiger partial charge is 0.229 e. The molecule has 0 aliphatic heterocycles. The normalized spacial score (nSPS) is 24.2. The molecule has 1 heterocycles. The van der Waals surface area contributed by atoms with Crippen molar-refractivity contribution in [3.05, 3.63) is 47.4 Å². The molecule has 5 nitrogen and oxygen atoms in total. The summed E-state index contributed by atoms with van der Waals surface area (Å²) in [5, 5.41) is 17.0. The lowest BCUT2D eigenvalue weighted by Gasteiger charge is -2.18. The number of carbonyl (C=O) groups excluding carboxylic acids is 1. The van der Waals surface area contributed by atoms with Gasteiger partial charge in [0, 0.05) is 11.7 Å². The first-order chi connectivity index (χ1) is 11.7. The van der Waals surface area contributed by atoms with Gasteiger partial charge in [-0.15, -0.1) is 0 Å². The third-order valence-corrected chi connectivity index (χ3v) is 5.62. The van der Waals surface area contributed by atoms with Gasteiger partial charge >= 0.3 is 0 Å². The molecule has 0 spiro atoms. The lowest BCUT2D eigenvalue weighted by Crippen LogP contribution is -2.23. The molecular weight excluding hydrogens is 322 g/mol. The Bertz CT molecular complexity index is 772. The van der Waals surface area contributed by atoms with Crippen LogP contribution in [-0.2, 0) is 11.2 Å². The van der Waals surface area contributed by atoms with Crippen LogP contribution in [0.15, 0.2) is 42.5 Å². The predicted octanol–water partition coefficient (Wildman–Crippen LogP) is 3.41. The number of hydrogen-bond donors (Lipinski definition) is 3. The van der Waals surface area contributed by atoms with Crippen molar-refractivity contribution in [2.75, 3.05) is 10.6 Å². The summed E-state index contributed by atoms with van der Waals surface area (Å²) in [5.74, 6) is 1.03. The third-order valence-electron chi connectivity index (χ3n) is 4.64. The van der Waals surface area contributed by atoms with Gasteiger partial charge in [0.25, 0.3) is 0 Å². The molecule has 4 rings (SSSR count). The van der Waals surface area contributed by atoms with E-state index in [4.69, 9.17) is 0 Å². The standard InChI is InChI=1S/C18H19N3O2S/c22-16(19-13-4-2-1-3-5-13)10-15-17(23)21-18(24-15)20-14-9-11-6-7-12(14)8-11/h1-7,11-12,14,23H,8-10H2,(H,19,22)(H,20,21). The van der Waals surface area contributed by atoms with Crippen molar-refractivity contribution in [3.63, 3.8) is 0 Å². The second-order valence-electron chi connectivity index (χ2n) is 6.39. The quantitative estimate of drug-likeness (QED) is 0.729. The van der Waals surface area contributed by atoms with Gasteiger partial charge in [-0.2, -0.15) is 4.98 Å². The lowest BCUT2D eigenvalue weighted by molar-refractivity contribution is -0.115. The molecule has 1 aromatic carbocycles. The maximum absolute atomic E-state index is 12.1. The summed E-state index contributed by atoms with van der Waals surface area (Å²) in [6, 6.07) is 9.68. The van der Waals surface area contributed by atoms with Crippen LogP contribution in [0.5, 0.6) is 5.88 Å². The number of thiazole rings is 1. The second-order valence-corrected chi connectivity index (χ2v) is 7.47. The van der Waals surface area contributed by atoms with Crippen molar-refractivity contribution in [1.82, 2.24) is 4.98 Å². The van der Waals surface area contributed by atoms with E-state index < -0.39 is 0 Å². The van der Waals surface area contributed by atoms with Gasteiger partial charge in [0.1, 0.15) is 0 Å². The van der Waals surface area contributed by atoms with Crippen molar-refractivity contribution >= 4 is 28.1 Å². The largest absolute Gasteiger partial charge is 0.492 e. The maximum Gasteiger partial charge on any atom is 0.229 e. The molecule has 1 saturated carbocycles. The topological polar surface area (TPSA) is 74.2 Å². The minimum Gasteiger partial charge on any atom is -0.492 e. The predicted molar refractivity (Wildman–Crippen MR) is 95.3 cm³/mol. The number of nitrogens with zero attached hydrogens (tertiary/aromatic N) is 1. The first-order valence-corrected chi connectivity index (χ1v) is 8.97. The third kappa shape index (κ3) is 3.14. The van der Waals surface area contributed by atoms with Crippen molar-refractivity contribution in [3.8, 4) is 5.88 Å². The number of rotatable bonds is 5.